The number of aromatic amines is 1. The van der Waals surface area contributed by atoms with Crippen LogP contribution in [0.25, 0.3) is 22.4 Å². The Hall–Kier alpha value is -2.80. The summed E-state index contributed by atoms with van der Waals surface area (Å²) in [6.45, 7) is 3.57. The van der Waals surface area contributed by atoms with E-state index >= 15 is 0 Å². The molecule has 3 N–H and O–H groups in total. The molecule has 37 heavy (non-hydrogen) atoms. The Kier molecular flexibility index (Phi) is 8.63. The van der Waals surface area contributed by atoms with E-state index in [1.165, 1.54) is 16.8 Å². The Bertz CT molecular complexity index is 1400. The molecule has 3 heterocycles. The quantitative estimate of drug-likeness (QED) is 0.300. The molecule has 202 valence electrons. The minimum atomic E-state index is -3.81. The van der Waals surface area contributed by atoms with Crippen LogP contribution in [0.5, 0.6) is 5.75 Å². The molecule has 1 aliphatic heterocycles. The zero-order chi connectivity index (χ0) is 26.6. The summed E-state index contributed by atoms with van der Waals surface area (Å²) in [6, 6.07) is 4.88. The van der Waals surface area contributed by atoms with Gasteiger partial charge in [0.1, 0.15) is 17.1 Å². The number of rotatable bonds is 12. The van der Waals surface area contributed by atoms with E-state index in [2.05, 4.69) is 26.8 Å². The molecule has 1 unspecified atom stereocenters. The molecule has 11 nitrogen and oxygen atoms in total. The largest absolute Gasteiger partial charge is 0.493 e. The van der Waals surface area contributed by atoms with Crippen molar-refractivity contribution in [2.24, 2.45) is 7.05 Å². The van der Waals surface area contributed by atoms with Crippen molar-refractivity contribution in [3.05, 3.63) is 34.2 Å². The van der Waals surface area contributed by atoms with E-state index < -0.39 is 10.0 Å². The number of hydrogen-bond donors (Lipinski definition) is 3. The molecule has 3 aromatic rings. The van der Waals surface area contributed by atoms with E-state index in [0.29, 0.717) is 53.5 Å². The highest BCUT2D eigenvalue weighted by molar-refractivity contribution is 7.89. The van der Waals surface area contributed by atoms with Gasteiger partial charge in [0.2, 0.25) is 10.0 Å². The van der Waals surface area contributed by atoms with Crippen LogP contribution in [0.1, 0.15) is 44.7 Å². The number of benzene rings is 1. The molecule has 1 atom stereocenters. The van der Waals surface area contributed by atoms with Crippen molar-refractivity contribution in [1.29, 1.82) is 0 Å². The predicted molar refractivity (Wildman–Crippen MR) is 141 cm³/mol. The summed E-state index contributed by atoms with van der Waals surface area (Å²) in [5.41, 5.74) is 1.53. The average Bonchev–Trinajstić information content (AvgIpc) is 3.41. The molecule has 1 aromatic carbocycles. The molecule has 0 aliphatic carbocycles. The summed E-state index contributed by atoms with van der Waals surface area (Å²) in [7, 11) is -0.0471. The zero-order valence-electron chi connectivity index (χ0n) is 21.7. The van der Waals surface area contributed by atoms with Crippen LogP contribution in [-0.2, 0) is 23.5 Å². The molecule has 2 aromatic heterocycles. The van der Waals surface area contributed by atoms with Crippen LogP contribution in [0.2, 0.25) is 0 Å². The van der Waals surface area contributed by atoms with Gasteiger partial charge < -0.3 is 19.7 Å². The van der Waals surface area contributed by atoms with Crippen molar-refractivity contribution in [1.82, 2.24) is 29.4 Å². The zero-order valence-corrected chi connectivity index (χ0v) is 22.5. The molecule has 0 radical (unpaired) electrons. The SMILES string of the molecule is CCCc1nn(C)c2c(=O)[nH]c(-c3cc(S(=O)(=O)NCCC4CCCN4C)ccc3OCCCO)nc12. The second-order valence-electron chi connectivity index (χ2n) is 9.48. The molecular formula is C25H36N6O5S. The highest BCUT2D eigenvalue weighted by Gasteiger charge is 2.23. The number of aromatic nitrogens is 4. The van der Waals surface area contributed by atoms with Gasteiger partial charge in [0.15, 0.2) is 5.52 Å². The minimum Gasteiger partial charge on any atom is -0.493 e. The van der Waals surface area contributed by atoms with Crippen LogP contribution in [0.15, 0.2) is 27.9 Å². The first-order valence-corrected chi connectivity index (χ1v) is 14.3. The maximum Gasteiger partial charge on any atom is 0.277 e. The van der Waals surface area contributed by atoms with Crippen molar-refractivity contribution in [3.63, 3.8) is 0 Å². The third-order valence-electron chi connectivity index (χ3n) is 6.77. The van der Waals surface area contributed by atoms with Crippen molar-refractivity contribution >= 4 is 21.1 Å². The van der Waals surface area contributed by atoms with Gasteiger partial charge >= 0.3 is 0 Å². The lowest BCUT2D eigenvalue weighted by atomic mass is 10.1. The Labute approximate surface area is 216 Å². The van der Waals surface area contributed by atoms with Crippen LogP contribution in [0.3, 0.4) is 0 Å². The number of hydrogen-bond acceptors (Lipinski definition) is 8. The number of aliphatic hydroxyl groups is 1. The topological polar surface area (TPSA) is 142 Å². The van der Waals surface area contributed by atoms with Gasteiger partial charge in [-0.1, -0.05) is 13.3 Å². The lowest BCUT2D eigenvalue weighted by Crippen LogP contribution is -2.31. The normalized spacial score (nSPS) is 16.6. The van der Waals surface area contributed by atoms with E-state index in [1.807, 2.05) is 6.92 Å². The van der Waals surface area contributed by atoms with Crippen LogP contribution in [-0.4, -0.2) is 77.6 Å². The molecule has 0 saturated carbocycles. The maximum atomic E-state index is 13.2. The first-order chi connectivity index (χ1) is 17.7. The molecular weight excluding hydrogens is 496 g/mol. The highest BCUT2D eigenvalue weighted by atomic mass is 32.2. The Morgan fingerprint density at radius 2 is 2.11 bits per heavy atom. The number of sulfonamides is 1. The number of nitrogens with zero attached hydrogens (tertiary/aromatic N) is 4. The average molecular weight is 533 g/mol. The lowest BCUT2D eigenvalue weighted by Gasteiger charge is -2.19. The Morgan fingerprint density at radius 1 is 1.30 bits per heavy atom. The van der Waals surface area contributed by atoms with Gasteiger partial charge in [-0.15, -0.1) is 0 Å². The third-order valence-corrected chi connectivity index (χ3v) is 8.23. The van der Waals surface area contributed by atoms with Crippen LogP contribution < -0.4 is 15.0 Å². The van der Waals surface area contributed by atoms with Crippen molar-refractivity contribution in [2.45, 2.75) is 56.4 Å². The van der Waals surface area contributed by atoms with Crippen molar-refractivity contribution in [3.8, 4) is 17.1 Å². The number of aryl methyl sites for hydroxylation is 2. The summed E-state index contributed by atoms with van der Waals surface area (Å²) >= 11 is 0. The fourth-order valence-corrected chi connectivity index (χ4v) is 5.87. The van der Waals surface area contributed by atoms with Gasteiger partial charge in [-0.25, -0.2) is 18.1 Å². The number of aliphatic hydroxyl groups excluding tert-OH is 1. The first kappa shape index (κ1) is 27.2. The molecule has 12 heteroatoms. The van der Waals surface area contributed by atoms with Gasteiger partial charge in [-0.3, -0.25) is 9.48 Å². The number of nitrogens with one attached hydrogen (secondary N) is 2. The first-order valence-electron chi connectivity index (χ1n) is 12.8. The van der Waals surface area contributed by atoms with Crippen molar-refractivity contribution in [2.75, 3.05) is 33.4 Å². The summed E-state index contributed by atoms with van der Waals surface area (Å²) in [4.78, 5) is 22.8. The standard InChI is InChI=1S/C25H36N6O5S/c1-4-7-20-22-23(31(3)29-20)25(33)28-24(27-22)19-16-18(9-10-21(19)36-15-6-14-32)37(34,35)26-12-11-17-8-5-13-30(17)2/h9-10,16-17,26,32H,4-8,11-15H2,1-3H3,(H,27,28,33). The van der Waals surface area contributed by atoms with Gasteiger partial charge in [0.05, 0.1) is 22.8 Å². The van der Waals surface area contributed by atoms with Crippen LogP contribution >= 0.6 is 0 Å². The lowest BCUT2D eigenvalue weighted by molar-refractivity contribution is 0.234. The van der Waals surface area contributed by atoms with Gasteiger partial charge in [0, 0.05) is 32.7 Å². The molecule has 1 aliphatic rings. The number of H-pyrrole nitrogens is 1. The van der Waals surface area contributed by atoms with E-state index in [9.17, 15) is 13.2 Å². The van der Waals surface area contributed by atoms with E-state index in [0.717, 1.165) is 32.2 Å². The van der Waals surface area contributed by atoms with E-state index in [-0.39, 0.29) is 29.5 Å². The van der Waals surface area contributed by atoms with Gasteiger partial charge in [0.25, 0.3) is 5.56 Å². The number of likely N-dealkylation sites (tertiary alicyclic amines) is 1. The minimum absolute atomic E-state index is 0.0427. The molecule has 1 fully saturated rings. The number of fused-ring (bicyclic) bond motifs is 1. The second kappa shape index (κ2) is 11.7. The Balaban J connectivity index is 1.70. The van der Waals surface area contributed by atoms with Gasteiger partial charge in [-0.2, -0.15) is 5.10 Å². The molecule has 1 saturated heterocycles. The smallest absolute Gasteiger partial charge is 0.277 e. The third kappa shape index (κ3) is 6.03. The summed E-state index contributed by atoms with van der Waals surface area (Å²) in [5, 5.41) is 13.6. The summed E-state index contributed by atoms with van der Waals surface area (Å²) in [5.74, 6) is 0.565. The molecule has 4 rings (SSSR count). The highest BCUT2D eigenvalue weighted by Crippen LogP contribution is 2.31. The molecule has 0 spiro atoms. The summed E-state index contributed by atoms with van der Waals surface area (Å²) < 4.78 is 36.4. The van der Waals surface area contributed by atoms with Crippen LogP contribution in [0, 0.1) is 0 Å². The predicted octanol–water partition coefficient (Wildman–Crippen LogP) is 1.80. The second-order valence-corrected chi connectivity index (χ2v) is 11.2. The monoisotopic (exact) mass is 532 g/mol. The fourth-order valence-electron chi connectivity index (χ4n) is 4.80. The van der Waals surface area contributed by atoms with E-state index in [1.54, 1.807) is 13.1 Å². The van der Waals surface area contributed by atoms with Gasteiger partial charge in [-0.05, 0) is 57.5 Å². The number of ether oxygens (including phenoxy) is 1. The fraction of sp³-hybridized carbons (Fsp3) is 0.560. The summed E-state index contributed by atoms with van der Waals surface area (Å²) in [6.07, 6.45) is 4.82. The van der Waals surface area contributed by atoms with Crippen LogP contribution in [0.4, 0.5) is 0 Å². The van der Waals surface area contributed by atoms with Crippen molar-refractivity contribution < 1.29 is 18.3 Å². The molecule has 0 bridgehead atoms. The molecule has 0 amide bonds. The Morgan fingerprint density at radius 3 is 2.81 bits per heavy atom. The van der Waals surface area contributed by atoms with E-state index in [4.69, 9.17) is 14.8 Å². The maximum absolute atomic E-state index is 13.2.